The van der Waals surface area contributed by atoms with E-state index >= 15 is 0 Å². The summed E-state index contributed by atoms with van der Waals surface area (Å²) in [6, 6.07) is 12.7. The molecule has 2 aromatic carbocycles. The van der Waals surface area contributed by atoms with Crippen molar-refractivity contribution in [1.29, 1.82) is 0 Å². The minimum atomic E-state index is -0.0580. The molecule has 0 fully saturated rings. The first-order valence-corrected chi connectivity index (χ1v) is 8.57. The molecule has 0 radical (unpaired) electrons. The van der Waals surface area contributed by atoms with Gasteiger partial charge in [-0.25, -0.2) is 0 Å². The van der Waals surface area contributed by atoms with Crippen molar-refractivity contribution in [2.45, 2.75) is 13.3 Å². The van der Waals surface area contributed by atoms with Crippen molar-refractivity contribution in [3.05, 3.63) is 59.0 Å². The number of aromatic amines is 1. The quantitative estimate of drug-likeness (QED) is 0.476. The highest BCUT2D eigenvalue weighted by Gasteiger charge is 2.17. The number of aromatic nitrogens is 4. The van der Waals surface area contributed by atoms with Crippen molar-refractivity contribution in [3.8, 4) is 28.6 Å². The first kappa shape index (κ1) is 16.3. The predicted molar refractivity (Wildman–Crippen MR) is 102 cm³/mol. The number of hydrogen-bond acceptors (Lipinski definition) is 5. The lowest BCUT2D eigenvalue weighted by atomic mass is 10.1. The van der Waals surface area contributed by atoms with Crippen molar-refractivity contribution in [3.63, 3.8) is 0 Å². The summed E-state index contributed by atoms with van der Waals surface area (Å²) < 4.78 is 2.17. The number of pyridine rings is 1. The van der Waals surface area contributed by atoms with E-state index in [2.05, 4.69) is 15.2 Å². The number of fused-ring (bicyclic) bond motifs is 1. The molecule has 0 aliphatic carbocycles. The Morgan fingerprint density at radius 1 is 1.12 bits per heavy atom. The number of phenols is 2. The van der Waals surface area contributed by atoms with Crippen LogP contribution >= 0.6 is 12.2 Å². The van der Waals surface area contributed by atoms with E-state index in [0.717, 1.165) is 22.2 Å². The molecule has 7 heteroatoms. The molecule has 3 N–H and O–H groups in total. The molecule has 0 spiro atoms. The number of rotatable bonds is 3. The van der Waals surface area contributed by atoms with Gasteiger partial charge in [0, 0.05) is 17.6 Å². The van der Waals surface area contributed by atoms with Crippen molar-refractivity contribution in [1.82, 2.24) is 19.7 Å². The van der Waals surface area contributed by atoms with Gasteiger partial charge in [-0.3, -0.25) is 14.6 Å². The topological polar surface area (TPSA) is 87.0 Å². The minimum absolute atomic E-state index is 0.0580. The Kier molecular flexibility index (Phi) is 3.93. The lowest BCUT2D eigenvalue weighted by Gasteiger charge is -2.11. The molecule has 2 aromatic heterocycles. The molecule has 0 unspecified atom stereocenters. The Morgan fingerprint density at radius 3 is 2.77 bits per heavy atom. The molecule has 6 nitrogen and oxygen atoms in total. The summed E-state index contributed by atoms with van der Waals surface area (Å²) in [4.78, 5) is 4.33. The second-order valence-electron chi connectivity index (χ2n) is 5.92. The van der Waals surface area contributed by atoms with E-state index in [0.29, 0.717) is 22.6 Å². The minimum Gasteiger partial charge on any atom is -0.508 e. The zero-order chi connectivity index (χ0) is 18.3. The van der Waals surface area contributed by atoms with Crippen LogP contribution in [0.3, 0.4) is 0 Å². The van der Waals surface area contributed by atoms with Crippen LogP contribution in [-0.4, -0.2) is 30.0 Å². The summed E-state index contributed by atoms with van der Waals surface area (Å²) in [5, 5.41) is 28.4. The Balaban J connectivity index is 1.95. The molecule has 0 aliphatic rings. The third-order valence-electron chi connectivity index (χ3n) is 4.34. The van der Waals surface area contributed by atoms with Crippen LogP contribution in [0.5, 0.6) is 11.5 Å². The van der Waals surface area contributed by atoms with Crippen LogP contribution in [0.2, 0.25) is 0 Å². The Morgan fingerprint density at radius 2 is 1.96 bits per heavy atom. The van der Waals surface area contributed by atoms with Gasteiger partial charge < -0.3 is 10.2 Å². The highest BCUT2D eigenvalue weighted by molar-refractivity contribution is 7.71. The van der Waals surface area contributed by atoms with E-state index in [1.165, 1.54) is 6.07 Å². The van der Waals surface area contributed by atoms with Crippen LogP contribution in [0.15, 0.2) is 48.7 Å². The maximum Gasteiger partial charge on any atom is 0.200 e. The SMILES string of the molecule is CCc1cc(-c2n[nH]c(=S)n2-c2ccc3ncccc3c2)c(O)cc1O. The van der Waals surface area contributed by atoms with Gasteiger partial charge in [-0.15, -0.1) is 0 Å². The number of benzene rings is 2. The molecule has 4 aromatic rings. The Bertz CT molecular complexity index is 1180. The van der Waals surface area contributed by atoms with Crippen LogP contribution in [0.25, 0.3) is 28.0 Å². The molecule has 0 bridgehead atoms. The first-order valence-electron chi connectivity index (χ1n) is 8.16. The molecule has 0 amide bonds. The molecule has 0 saturated heterocycles. The fraction of sp³-hybridized carbons (Fsp3) is 0.105. The molecule has 2 heterocycles. The normalized spacial score (nSPS) is 11.1. The van der Waals surface area contributed by atoms with Crippen LogP contribution in [0.4, 0.5) is 0 Å². The summed E-state index contributed by atoms with van der Waals surface area (Å²) in [5.74, 6) is 0.481. The second-order valence-corrected chi connectivity index (χ2v) is 6.31. The van der Waals surface area contributed by atoms with Crippen molar-refractivity contribution >= 4 is 23.1 Å². The number of nitrogens with one attached hydrogen (secondary N) is 1. The van der Waals surface area contributed by atoms with Gasteiger partial charge >= 0.3 is 0 Å². The second kappa shape index (κ2) is 6.27. The van der Waals surface area contributed by atoms with Crippen LogP contribution < -0.4 is 0 Å². The number of nitrogens with zero attached hydrogens (tertiary/aromatic N) is 3. The highest BCUT2D eigenvalue weighted by atomic mass is 32.1. The van der Waals surface area contributed by atoms with E-state index in [1.807, 2.05) is 37.3 Å². The average Bonchev–Trinajstić information content (AvgIpc) is 3.03. The third-order valence-corrected chi connectivity index (χ3v) is 4.61. The van der Waals surface area contributed by atoms with Gasteiger partial charge in [0.15, 0.2) is 10.6 Å². The smallest absolute Gasteiger partial charge is 0.200 e. The maximum absolute atomic E-state index is 10.3. The molecular weight excluding hydrogens is 348 g/mol. The number of aromatic hydroxyl groups is 2. The number of aryl methyl sites for hydroxylation is 1. The lowest BCUT2D eigenvalue weighted by molar-refractivity contribution is 0.447. The van der Waals surface area contributed by atoms with Gasteiger partial charge in [0.05, 0.1) is 16.8 Å². The van der Waals surface area contributed by atoms with Gasteiger partial charge in [-0.1, -0.05) is 13.0 Å². The predicted octanol–water partition coefficient (Wildman–Crippen LogP) is 4.12. The van der Waals surface area contributed by atoms with Crippen molar-refractivity contribution < 1.29 is 10.2 Å². The number of phenolic OH excluding ortho intramolecular Hbond substituents is 2. The van der Waals surface area contributed by atoms with Crippen molar-refractivity contribution in [2.75, 3.05) is 0 Å². The number of H-pyrrole nitrogens is 1. The van der Waals surface area contributed by atoms with Gasteiger partial charge in [-0.2, -0.15) is 5.10 Å². The molecule has 0 saturated carbocycles. The van der Waals surface area contributed by atoms with Gasteiger partial charge in [0.25, 0.3) is 0 Å². The maximum atomic E-state index is 10.3. The van der Waals surface area contributed by atoms with Gasteiger partial charge in [0.1, 0.15) is 11.5 Å². The fourth-order valence-electron chi connectivity index (χ4n) is 3.00. The summed E-state index contributed by atoms with van der Waals surface area (Å²) in [7, 11) is 0. The summed E-state index contributed by atoms with van der Waals surface area (Å²) in [5.41, 5.74) is 2.91. The molecule has 130 valence electrons. The highest BCUT2D eigenvalue weighted by Crippen LogP contribution is 2.35. The Labute approximate surface area is 154 Å². The monoisotopic (exact) mass is 364 g/mol. The largest absolute Gasteiger partial charge is 0.508 e. The third kappa shape index (κ3) is 2.62. The first-order chi connectivity index (χ1) is 12.6. The molecule has 26 heavy (non-hydrogen) atoms. The van der Waals surface area contributed by atoms with E-state index in [1.54, 1.807) is 16.8 Å². The molecule has 4 rings (SSSR count). The van der Waals surface area contributed by atoms with Crippen LogP contribution in [0, 0.1) is 4.77 Å². The zero-order valence-electron chi connectivity index (χ0n) is 14.0. The number of hydrogen-bond donors (Lipinski definition) is 3. The summed E-state index contributed by atoms with van der Waals surface area (Å²) in [6.07, 6.45) is 2.38. The average molecular weight is 364 g/mol. The standard InChI is InChI=1S/C19H16N4O2S/c1-2-11-9-14(17(25)10-16(11)24)18-21-22-19(26)23(18)13-5-6-15-12(8-13)4-3-7-20-15/h3-10,24-25H,2H2,1H3,(H,22,26). The van der Waals surface area contributed by atoms with Gasteiger partial charge in [-0.05, 0) is 54.5 Å². The van der Waals surface area contributed by atoms with Crippen LogP contribution in [-0.2, 0) is 6.42 Å². The van der Waals surface area contributed by atoms with E-state index in [9.17, 15) is 10.2 Å². The molecular formula is C19H16N4O2S. The van der Waals surface area contributed by atoms with Crippen LogP contribution in [0.1, 0.15) is 12.5 Å². The van der Waals surface area contributed by atoms with E-state index in [-0.39, 0.29) is 11.5 Å². The molecule has 0 aliphatic heterocycles. The van der Waals surface area contributed by atoms with Gasteiger partial charge in [0.2, 0.25) is 0 Å². The van der Waals surface area contributed by atoms with Crippen molar-refractivity contribution in [2.24, 2.45) is 0 Å². The lowest BCUT2D eigenvalue weighted by Crippen LogP contribution is -1.99. The fourth-order valence-corrected chi connectivity index (χ4v) is 3.24. The zero-order valence-corrected chi connectivity index (χ0v) is 14.8. The van der Waals surface area contributed by atoms with E-state index < -0.39 is 0 Å². The summed E-state index contributed by atoms with van der Waals surface area (Å²) >= 11 is 5.41. The Hall–Kier alpha value is -3.19. The summed E-state index contributed by atoms with van der Waals surface area (Å²) in [6.45, 7) is 1.93. The van der Waals surface area contributed by atoms with E-state index in [4.69, 9.17) is 12.2 Å². The molecule has 0 atom stereocenters.